The number of nitro groups is 1. The molecule has 0 saturated carbocycles. The Hall–Kier alpha value is -0.860. The van der Waals surface area contributed by atoms with E-state index in [0.717, 1.165) is 12.8 Å². The monoisotopic (exact) mass is 199 g/mol. The van der Waals surface area contributed by atoms with Crippen molar-refractivity contribution in [1.29, 1.82) is 0 Å². The molecule has 3 nitrogen and oxygen atoms in total. The molecule has 0 radical (unpaired) electrons. The second-order valence-electron chi connectivity index (χ2n) is 4.09. The fraction of sp³-hybridized carbons (Fsp3) is 0.818. The highest BCUT2D eigenvalue weighted by atomic mass is 16.6. The minimum Gasteiger partial charge on any atom is -0.259 e. The summed E-state index contributed by atoms with van der Waals surface area (Å²) in [6.45, 7) is 8.14. The number of allylic oxidation sites excluding steroid dienone is 2. The highest BCUT2D eigenvalue weighted by molar-refractivity contribution is 4.96. The Bertz CT molecular complexity index is 205. The molecule has 0 amide bonds. The van der Waals surface area contributed by atoms with Gasteiger partial charge in [0.15, 0.2) is 0 Å². The maximum absolute atomic E-state index is 10.7. The van der Waals surface area contributed by atoms with Crippen LogP contribution in [-0.2, 0) is 0 Å². The van der Waals surface area contributed by atoms with E-state index in [2.05, 4.69) is 13.8 Å². The SMILES string of the molecule is CCC(C=C(CC(C)C)[N+](=O)[O-])CC. The first kappa shape index (κ1) is 13.1. The van der Waals surface area contributed by atoms with Gasteiger partial charge in [-0.3, -0.25) is 10.1 Å². The summed E-state index contributed by atoms with van der Waals surface area (Å²) < 4.78 is 0. The molecule has 14 heavy (non-hydrogen) atoms. The minimum atomic E-state index is -0.238. The quantitative estimate of drug-likeness (QED) is 0.484. The zero-order valence-corrected chi connectivity index (χ0v) is 9.62. The standard InChI is InChI=1S/C11H21NO2/c1-5-10(6-2)8-11(12(13)14)7-9(3)4/h8-10H,5-7H2,1-4H3. The van der Waals surface area contributed by atoms with Gasteiger partial charge in [-0.15, -0.1) is 0 Å². The lowest BCUT2D eigenvalue weighted by Crippen LogP contribution is -2.05. The maximum Gasteiger partial charge on any atom is 0.242 e. The molecule has 0 unspecified atom stereocenters. The molecule has 0 aliphatic rings. The van der Waals surface area contributed by atoms with Crippen molar-refractivity contribution >= 4 is 0 Å². The molecule has 82 valence electrons. The summed E-state index contributed by atoms with van der Waals surface area (Å²) in [5, 5.41) is 10.7. The predicted octanol–water partition coefficient (Wildman–Crippen LogP) is 3.63. The van der Waals surface area contributed by atoms with E-state index in [1.165, 1.54) is 0 Å². The smallest absolute Gasteiger partial charge is 0.242 e. The number of hydrogen-bond donors (Lipinski definition) is 0. The maximum atomic E-state index is 10.7. The summed E-state index contributed by atoms with van der Waals surface area (Å²) in [4.78, 5) is 10.5. The van der Waals surface area contributed by atoms with Gasteiger partial charge >= 0.3 is 0 Å². The summed E-state index contributed by atoms with van der Waals surface area (Å²) in [6.07, 6.45) is 4.36. The summed E-state index contributed by atoms with van der Waals surface area (Å²) in [5.41, 5.74) is 0.383. The first-order valence-electron chi connectivity index (χ1n) is 5.36. The van der Waals surface area contributed by atoms with Gasteiger partial charge in [-0.05, 0) is 30.8 Å². The van der Waals surface area contributed by atoms with E-state index < -0.39 is 0 Å². The molecule has 0 heterocycles. The van der Waals surface area contributed by atoms with Crippen molar-refractivity contribution < 1.29 is 4.92 Å². The van der Waals surface area contributed by atoms with Crippen LogP contribution in [0, 0.1) is 22.0 Å². The average molecular weight is 199 g/mol. The lowest BCUT2D eigenvalue weighted by Gasteiger charge is -2.07. The van der Waals surface area contributed by atoms with Gasteiger partial charge in [0.25, 0.3) is 0 Å². The molecule has 0 atom stereocenters. The predicted molar refractivity (Wildman–Crippen MR) is 58.6 cm³/mol. The molecule has 0 aliphatic heterocycles. The van der Waals surface area contributed by atoms with Gasteiger partial charge in [-0.2, -0.15) is 0 Å². The minimum absolute atomic E-state index is 0.238. The van der Waals surface area contributed by atoms with Gasteiger partial charge < -0.3 is 0 Å². The van der Waals surface area contributed by atoms with Crippen LogP contribution >= 0.6 is 0 Å². The molecule has 0 aromatic rings. The van der Waals surface area contributed by atoms with Crippen LogP contribution in [0.5, 0.6) is 0 Å². The summed E-state index contributed by atoms with van der Waals surface area (Å²) in [6, 6.07) is 0. The summed E-state index contributed by atoms with van der Waals surface area (Å²) in [5.74, 6) is 0.704. The fourth-order valence-electron chi connectivity index (χ4n) is 1.42. The third kappa shape index (κ3) is 5.00. The van der Waals surface area contributed by atoms with Crippen LogP contribution in [-0.4, -0.2) is 4.92 Å². The molecular weight excluding hydrogens is 178 g/mol. The van der Waals surface area contributed by atoms with Crippen molar-refractivity contribution in [2.24, 2.45) is 11.8 Å². The van der Waals surface area contributed by atoms with Gasteiger partial charge in [0.1, 0.15) is 0 Å². The Labute approximate surface area is 86.4 Å². The number of rotatable bonds is 6. The van der Waals surface area contributed by atoms with E-state index in [1.807, 2.05) is 19.9 Å². The van der Waals surface area contributed by atoms with Crippen molar-refractivity contribution in [3.63, 3.8) is 0 Å². The second-order valence-corrected chi connectivity index (χ2v) is 4.09. The third-order valence-electron chi connectivity index (χ3n) is 2.33. The molecule has 0 fully saturated rings. The van der Waals surface area contributed by atoms with Crippen molar-refractivity contribution in [3.8, 4) is 0 Å². The van der Waals surface area contributed by atoms with E-state index >= 15 is 0 Å². The first-order chi connectivity index (χ1) is 6.51. The van der Waals surface area contributed by atoms with Crippen molar-refractivity contribution in [2.45, 2.75) is 47.0 Å². The molecule has 0 aromatic carbocycles. The zero-order valence-electron chi connectivity index (χ0n) is 9.62. The van der Waals surface area contributed by atoms with Crippen molar-refractivity contribution in [1.82, 2.24) is 0 Å². The van der Waals surface area contributed by atoms with E-state index in [-0.39, 0.29) is 4.92 Å². The van der Waals surface area contributed by atoms with E-state index in [4.69, 9.17) is 0 Å². The second kappa shape index (κ2) is 6.57. The molecule has 0 bridgehead atoms. The van der Waals surface area contributed by atoms with Crippen LogP contribution in [0.1, 0.15) is 47.0 Å². The largest absolute Gasteiger partial charge is 0.259 e. The van der Waals surface area contributed by atoms with E-state index in [0.29, 0.717) is 24.0 Å². The summed E-state index contributed by atoms with van der Waals surface area (Å²) in [7, 11) is 0. The Kier molecular flexibility index (Phi) is 6.17. The molecule has 0 saturated heterocycles. The molecule has 0 N–H and O–H groups in total. The lowest BCUT2D eigenvalue weighted by atomic mass is 9.99. The van der Waals surface area contributed by atoms with Crippen LogP contribution in [0.15, 0.2) is 11.8 Å². The van der Waals surface area contributed by atoms with Crippen LogP contribution in [0.4, 0.5) is 0 Å². The highest BCUT2D eigenvalue weighted by Crippen LogP contribution is 2.17. The van der Waals surface area contributed by atoms with Crippen molar-refractivity contribution in [3.05, 3.63) is 21.9 Å². The zero-order chi connectivity index (χ0) is 11.1. The Morgan fingerprint density at radius 3 is 2.14 bits per heavy atom. The molecule has 0 spiro atoms. The van der Waals surface area contributed by atoms with Gasteiger partial charge in [0.2, 0.25) is 5.70 Å². The van der Waals surface area contributed by atoms with Crippen LogP contribution in [0.2, 0.25) is 0 Å². The van der Waals surface area contributed by atoms with Gasteiger partial charge in [0, 0.05) is 6.42 Å². The molecular formula is C11H21NO2. The van der Waals surface area contributed by atoms with Crippen LogP contribution in [0.3, 0.4) is 0 Å². The molecule has 3 heteroatoms. The summed E-state index contributed by atoms with van der Waals surface area (Å²) >= 11 is 0. The molecule has 0 aromatic heterocycles. The lowest BCUT2D eigenvalue weighted by molar-refractivity contribution is -0.429. The Morgan fingerprint density at radius 2 is 1.86 bits per heavy atom. The topological polar surface area (TPSA) is 43.1 Å². The number of hydrogen-bond acceptors (Lipinski definition) is 2. The van der Waals surface area contributed by atoms with E-state index in [9.17, 15) is 10.1 Å². The van der Waals surface area contributed by atoms with Gasteiger partial charge in [0.05, 0.1) is 4.92 Å². The van der Waals surface area contributed by atoms with Crippen molar-refractivity contribution in [2.75, 3.05) is 0 Å². The number of nitrogens with zero attached hydrogens (tertiary/aromatic N) is 1. The Balaban J connectivity index is 4.53. The highest BCUT2D eigenvalue weighted by Gasteiger charge is 2.14. The molecule has 0 rings (SSSR count). The normalized spacial score (nSPS) is 12.6. The Morgan fingerprint density at radius 1 is 1.36 bits per heavy atom. The fourth-order valence-corrected chi connectivity index (χ4v) is 1.42. The van der Waals surface area contributed by atoms with Crippen LogP contribution in [0.25, 0.3) is 0 Å². The van der Waals surface area contributed by atoms with Gasteiger partial charge in [-0.1, -0.05) is 27.7 Å². The van der Waals surface area contributed by atoms with Gasteiger partial charge in [-0.25, -0.2) is 0 Å². The van der Waals surface area contributed by atoms with Crippen LogP contribution < -0.4 is 0 Å². The first-order valence-corrected chi connectivity index (χ1v) is 5.36. The third-order valence-corrected chi connectivity index (χ3v) is 2.33. The molecule has 0 aliphatic carbocycles. The average Bonchev–Trinajstić information content (AvgIpc) is 2.11. The van der Waals surface area contributed by atoms with E-state index in [1.54, 1.807) is 0 Å².